The van der Waals surface area contributed by atoms with E-state index in [0.717, 1.165) is 4.88 Å². The first kappa shape index (κ1) is 18.1. The monoisotopic (exact) mass is 416 g/mol. The maximum Gasteiger partial charge on any atom is 0.404 e. The lowest BCUT2D eigenvalue weighted by Gasteiger charge is -2.04. The lowest BCUT2D eigenvalue weighted by Crippen LogP contribution is -2.16. The second-order valence-corrected chi connectivity index (χ2v) is 6.82. The lowest BCUT2D eigenvalue weighted by atomic mass is 10.3. The minimum absolute atomic E-state index is 0.0445. The first-order valence-corrected chi connectivity index (χ1v) is 8.28. The first-order valence-electron chi connectivity index (χ1n) is 6.67. The molecule has 24 heavy (non-hydrogen) atoms. The molecule has 0 saturated heterocycles. The average Bonchev–Trinajstić information content (AvgIpc) is 3.07. The van der Waals surface area contributed by atoms with E-state index in [-0.39, 0.29) is 29.2 Å². The molecule has 0 unspecified atom stereocenters. The third-order valence-corrected chi connectivity index (χ3v) is 4.48. The molecule has 0 spiro atoms. The molecule has 2 aromatic heterocycles. The Bertz CT molecular complexity index is 800. The van der Waals surface area contributed by atoms with Crippen molar-refractivity contribution in [3.8, 4) is 0 Å². The van der Waals surface area contributed by atoms with Gasteiger partial charge in [0.25, 0.3) is 0 Å². The van der Waals surface area contributed by atoms with Gasteiger partial charge in [-0.2, -0.15) is 4.68 Å². The fourth-order valence-corrected chi connectivity index (χ4v) is 3.28. The predicted molar refractivity (Wildman–Crippen MR) is 90.2 cm³/mol. The summed E-state index contributed by atoms with van der Waals surface area (Å²) in [6.45, 7) is 1.98. The van der Waals surface area contributed by atoms with Crippen molar-refractivity contribution < 1.29 is 19.2 Å². The highest BCUT2D eigenvalue weighted by molar-refractivity contribution is 9.10. The summed E-state index contributed by atoms with van der Waals surface area (Å²) in [5, 5.41) is 17.6. The molecule has 0 fully saturated rings. The number of aryl methyl sites for hydroxylation is 2. The molecule has 1 N–H and O–H groups in total. The minimum Gasteiger partial charge on any atom is -0.465 e. The molecule has 0 radical (unpaired) electrons. The summed E-state index contributed by atoms with van der Waals surface area (Å²) >= 11 is 4.31. The Labute approximate surface area is 148 Å². The Kier molecular flexibility index (Phi) is 5.67. The van der Waals surface area contributed by atoms with Crippen LogP contribution < -0.4 is 5.32 Å². The molecule has 0 aliphatic rings. The van der Waals surface area contributed by atoms with Crippen LogP contribution >= 0.6 is 27.3 Å². The Morgan fingerprint density at radius 1 is 1.54 bits per heavy atom. The normalized spacial score (nSPS) is 10.5. The topological polar surface area (TPSA) is 116 Å². The number of nitrogens with zero attached hydrogens (tertiary/aromatic N) is 3. The Balaban J connectivity index is 2.00. The van der Waals surface area contributed by atoms with Crippen LogP contribution in [0.25, 0.3) is 0 Å². The van der Waals surface area contributed by atoms with E-state index in [4.69, 9.17) is 0 Å². The quantitative estimate of drug-likeness (QED) is 0.439. The SMILES string of the molecule is COC(=O)c1cc(C)sc1NC(=O)CCn1cc(Br)c([N+](=O)[O-])n1. The van der Waals surface area contributed by atoms with Crippen molar-refractivity contribution in [3.05, 3.63) is 37.3 Å². The predicted octanol–water partition coefficient (Wildman–Crippen LogP) is 2.74. The van der Waals surface area contributed by atoms with Gasteiger partial charge in [-0.05, 0) is 33.8 Å². The largest absolute Gasteiger partial charge is 0.465 e. The molecule has 0 aliphatic heterocycles. The fourth-order valence-electron chi connectivity index (χ4n) is 1.90. The number of aromatic nitrogens is 2. The van der Waals surface area contributed by atoms with Crippen LogP contribution in [-0.4, -0.2) is 33.7 Å². The highest BCUT2D eigenvalue weighted by Gasteiger charge is 2.20. The number of carbonyl (C=O) groups excluding carboxylic acids is 2. The summed E-state index contributed by atoms with van der Waals surface area (Å²) in [4.78, 5) is 34.7. The third kappa shape index (κ3) is 4.17. The van der Waals surface area contributed by atoms with E-state index in [1.807, 2.05) is 6.92 Å². The zero-order valence-electron chi connectivity index (χ0n) is 12.7. The summed E-state index contributed by atoms with van der Waals surface area (Å²) in [6, 6.07) is 1.64. The molecule has 0 aliphatic carbocycles. The Morgan fingerprint density at radius 3 is 2.83 bits per heavy atom. The molecule has 11 heteroatoms. The van der Waals surface area contributed by atoms with Crippen molar-refractivity contribution in [2.24, 2.45) is 0 Å². The molecule has 128 valence electrons. The second kappa shape index (κ2) is 7.53. The van der Waals surface area contributed by atoms with E-state index < -0.39 is 10.9 Å². The van der Waals surface area contributed by atoms with Gasteiger partial charge < -0.3 is 20.2 Å². The number of halogens is 1. The van der Waals surface area contributed by atoms with Gasteiger partial charge in [-0.15, -0.1) is 11.3 Å². The maximum absolute atomic E-state index is 12.0. The van der Waals surface area contributed by atoms with Crippen molar-refractivity contribution in [1.29, 1.82) is 0 Å². The summed E-state index contributed by atoms with van der Waals surface area (Å²) < 4.78 is 6.23. The Hall–Kier alpha value is -2.27. The summed E-state index contributed by atoms with van der Waals surface area (Å²) in [5.41, 5.74) is 0.297. The Morgan fingerprint density at radius 2 is 2.25 bits per heavy atom. The van der Waals surface area contributed by atoms with Crippen molar-refractivity contribution >= 4 is 50.0 Å². The number of hydrogen-bond donors (Lipinski definition) is 1. The molecular weight excluding hydrogens is 404 g/mol. The van der Waals surface area contributed by atoms with E-state index in [2.05, 4.69) is 31.1 Å². The number of hydrogen-bond acceptors (Lipinski definition) is 7. The van der Waals surface area contributed by atoms with Crippen LogP contribution in [0.4, 0.5) is 10.8 Å². The summed E-state index contributed by atoms with van der Waals surface area (Å²) in [6.07, 6.45) is 1.48. The summed E-state index contributed by atoms with van der Waals surface area (Å²) in [5.74, 6) is -1.17. The van der Waals surface area contributed by atoms with E-state index in [9.17, 15) is 19.7 Å². The number of anilines is 1. The number of nitrogens with one attached hydrogen (secondary N) is 1. The number of ether oxygens (including phenoxy) is 1. The van der Waals surface area contributed by atoms with Gasteiger partial charge >= 0.3 is 11.8 Å². The molecule has 0 aromatic carbocycles. The van der Waals surface area contributed by atoms with Gasteiger partial charge in [0.1, 0.15) is 9.47 Å². The molecule has 2 aromatic rings. The van der Waals surface area contributed by atoms with Crippen LogP contribution in [0.15, 0.2) is 16.7 Å². The third-order valence-electron chi connectivity index (χ3n) is 2.95. The number of amides is 1. The van der Waals surface area contributed by atoms with Crippen molar-refractivity contribution in [1.82, 2.24) is 9.78 Å². The minimum atomic E-state index is -0.613. The van der Waals surface area contributed by atoms with Crippen molar-refractivity contribution in [3.63, 3.8) is 0 Å². The fraction of sp³-hybridized carbons (Fsp3) is 0.308. The zero-order valence-corrected chi connectivity index (χ0v) is 15.1. The van der Waals surface area contributed by atoms with E-state index in [0.29, 0.717) is 10.6 Å². The van der Waals surface area contributed by atoms with E-state index in [1.54, 1.807) is 6.07 Å². The number of thiophene rings is 1. The van der Waals surface area contributed by atoms with Gasteiger partial charge in [0.05, 0.1) is 30.5 Å². The van der Waals surface area contributed by atoms with Crippen molar-refractivity contribution in [2.75, 3.05) is 12.4 Å². The standard InChI is InChI=1S/C13H13BrN4O5S/c1-7-5-8(13(20)23-2)12(24-7)15-10(19)3-4-17-6-9(14)11(16-17)18(21)22/h5-6H,3-4H2,1-2H3,(H,15,19). The van der Waals surface area contributed by atoms with Crippen molar-refractivity contribution in [2.45, 2.75) is 19.9 Å². The lowest BCUT2D eigenvalue weighted by molar-refractivity contribution is -0.390. The highest BCUT2D eigenvalue weighted by atomic mass is 79.9. The number of esters is 1. The number of carbonyl (C=O) groups is 2. The molecule has 1 amide bonds. The van der Waals surface area contributed by atoms with Crippen LogP contribution in [0.1, 0.15) is 21.7 Å². The number of rotatable bonds is 6. The smallest absolute Gasteiger partial charge is 0.404 e. The van der Waals surface area contributed by atoms with Gasteiger partial charge in [0.15, 0.2) is 0 Å². The van der Waals surface area contributed by atoms with Gasteiger partial charge in [-0.1, -0.05) is 0 Å². The second-order valence-electron chi connectivity index (χ2n) is 4.71. The molecule has 9 nitrogen and oxygen atoms in total. The molecule has 2 heterocycles. The van der Waals surface area contributed by atoms with Gasteiger partial charge in [-0.25, -0.2) is 4.79 Å². The average molecular weight is 417 g/mol. The first-order chi connectivity index (χ1) is 11.3. The summed E-state index contributed by atoms with van der Waals surface area (Å²) in [7, 11) is 1.27. The number of methoxy groups -OCH3 is 1. The van der Waals surface area contributed by atoms with Gasteiger partial charge in [0.2, 0.25) is 5.91 Å². The van der Waals surface area contributed by atoms with Crippen LogP contribution in [-0.2, 0) is 16.1 Å². The molecular formula is C13H13BrN4O5S. The highest BCUT2D eigenvalue weighted by Crippen LogP contribution is 2.28. The number of nitro groups is 1. The molecule has 0 bridgehead atoms. The van der Waals surface area contributed by atoms with Gasteiger partial charge in [0, 0.05) is 11.3 Å². The molecule has 0 saturated carbocycles. The van der Waals surface area contributed by atoms with Crippen LogP contribution in [0.2, 0.25) is 0 Å². The van der Waals surface area contributed by atoms with Crippen LogP contribution in [0, 0.1) is 17.0 Å². The van der Waals surface area contributed by atoms with Crippen LogP contribution in [0.3, 0.4) is 0 Å². The van der Waals surface area contributed by atoms with Gasteiger partial charge in [-0.3, -0.25) is 4.79 Å². The molecule has 2 rings (SSSR count). The van der Waals surface area contributed by atoms with Crippen LogP contribution in [0.5, 0.6) is 0 Å². The molecule has 0 atom stereocenters. The van der Waals surface area contributed by atoms with E-state index in [1.165, 1.54) is 29.3 Å². The zero-order chi connectivity index (χ0) is 17.9. The van der Waals surface area contributed by atoms with E-state index >= 15 is 0 Å². The maximum atomic E-state index is 12.0.